The predicted molar refractivity (Wildman–Crippen MR) is 76.4 cm³/mol. The van der Waals surface area contributed by atoms with E-state index < -0.39 is 0 Å². The van der Waals surface area contributed by atoms with Crippen LogP contribution in [0.5, 0.6) is 0 Å². The lowest BCUT2D eigenvalue weighted by atomic mass is 10.1. The third-order valence-corrected chi connectivity index (χ3v) is 3.48. The van der Waals surface area contributed by atoms with Gasteiger partial charge in [0.2, 0.25) is 0 Å². The van der Waals surface area contributed by atoms with Gasteiger partial charge in [0, 0.05) is 11.4 Å². The number of benzene rings is 1. The van der Waals surface area contributed by atoms with Crippen LogP contribution in [0, 0.1) is 0 Å². The molecule has 21 heavy (non-hydrogen) atoms. The first kappa shape index (κ1) is 13.7. The van der Waals surface area contributed by atoms with Crippen LogP contribution in [0.15, 0.2) is 35.4 Å². The van der Waals surface area contributed by atoms with E-state index in [4.69, 9.17) is 16.7 Å². The topological polar surface area (TPSA) is 85.3 Å². The van der Waals surface area contributed by atoms with Crippen molar-refractivity contribution in [2.24, 2.45) is 0 Å². The average Bonchev–Trinajstić information content (AvgIpc) is 2.93. The molecule has 0 saturated carbocycles. The van der Waals surface area contributed by atoms with Gasteiger partial charge in [-0.15, -0.1) is 10.2 Å². The quantitative estimate of drug-likeness (QED) is 0.759. The molecule has 108 valence electrons. The van der Waals surface area contributed by atoms with Gasteiger partial charge < -0.3 is 5.11 Å². The van der Waals surface area contributed by atoms with E-state index >= 15 is 0 Å². The summed E-state index contributed by atoms with van der Waals surface area (Å²) in [4.78, 5) is 12.5. The maximum atomic E-state index is 12.5. The van der Waals surface area contributed by atoms with E-state index in [1.165, 1.54) is 15.4 Å². The van der Waals surface area contributed by atoms with Crippen LogP contribution >= 0.6 is 11.6 Å². The van der Waals surface area contributed by atoms with Crippen LogP contribution in [-0.4, -0.2) is 36.1 Å². The summed E-state index contributed by atoms with van der Waals surface area (Å²) in [6, 6.07) is 7.29. The van der Waals surface area contributed by atoms with Gasteiger partial charge in [-0.05, 0) is 11.6 Å². The lowest BCUT2D eigenvalue weighted by molar-refractivity contribution is 0.274. The van der Waals surface area contributed by atoms with Gasteiger partial charge in [-0.2, -0.15) is 9.61 Å². The third kappa shape index (κ3) is 2.53. The van der Waals surface area contributed by atoms with Crippen LogP contribution in [0.3, 0.4) is 0 Å². The number of hydrogen-bond donors (Lipinski definition) is 1. The minimum Gasteiger partial charge on any atom is -0.395 e. The Labute approximate surface area is 124 Å². The third-order valence-electron chi connectivity index (χ3n) is 3.11. The molecule has 0 aliphatic rings. The smallest absolute Gasteiger partial charge is 0.277 e. The Bertz CT molecular complexity index is 842. The normalized spacial score (nSPS) is 11.1. The number of rotatable bonds is 4. The van der Waals surface area contributed by atoms with Crippen LogP contribution in [-0.2, 0) is 13.0 Å². The monoisotopic (exact) mass is 305 g/mol. The second kappa shape index (κ2) is 5.63. The first-order valence-corrected chi connectivity index (χ1v) is 6.72. The van der Waals surface area contributed by atoms with E-state index in [0.29, 0.717) is 22.9 Å². The SMILES string of the molecule is O=c1c(Cc2ccccc2Cl)nn2cnnc2n1CCO. The Morgan fingerprint density at radius 1 is 1.29 bits per heavy atom. The zero-order valence-corrected chi connectivity index (χ0v) is 11.7. The molecular weight excluding hydrogens is 294 g/mol. The number of aliphatic hydroxyl groups excluding tert-OH is 1. The molecule has 0 radical (unpaired) electrons. The average molecular weight is 306 g/mol. The Balaban J connectivity index is 2.12. The zero-order valence-electron chi connectivity index (χ0n) is 11.0. The fourth-order valence-corrected chi connectivity index (χ4v) is 2.33. The predicted octanol–water partition coefficient (Wildman–Crippen LogP) is 0.522. The van der Waals surface area contributed by atoms with E-state index in [1.54, 1.807) is 6.07 Å². The second-order valence-electron chi connectivity index (χ2n) is 4.47. The maximum Gasteiger partial charge on any atom is 0.277 e. The summed E-state index contributed by atoms with van der Waals surface area (Å²) in [5.41, 5.74) is 0.833. The Kier molecular flexibility index (Phi) is 3.68. The fourth-order valence-electron chi connectivity index (χ4n) is 2.13. The molecule has 1 aromatic carbocycles. The highest BCUT2D eigenvalue weighted by molar-refractivity contribution is 6.31. The van der Waals surface area contributed by atoms with Gasteiger partial charge in [0.05, 0.1) is 13.2 Å². The van der Waals surface area contributed by atoms with Gasteiger partial charge in [-0.25, -0.2) is 0 Å². The summed E-state index contributed by atoms with van der Waals surface area (Å²) >= 11 is 6.12. The van der Waals surface area contributed by atoms with E-state index in [9.17, 15) is 4.79 Å². The molecule has 0 unspecified atom stereocenters. The van der Waals surface area contributed by atoms with Crippen molar-refractivity contribution in [2.75, 3.05) is 6.61 Å². The molecule has 2 aromatic heterocycles. The minimum atomic E-state index is -0.301. The number of aliphatic hydroxyl groups is 1. The molecule has 0 fully saturated rings. The highest BCUT2D eigenvalue weighted by atomic mass is 35.5. The molecule has 3 rings (SSSR count). The number of halogens is 1. The standard InChI is InChI=1S/C13H12ClN5O2/c14-10-4-2-1-3-9(10)7-11-12(21)18(5-6-20)13-16-15-8-19(13)17-11/h1-4,8,20H,5-7H2. The van der Waals surface area contributed by atoms with Crippen LogP contribution in [0.1, 0.15) is 11.3 Å². The summed E-state index contributed by atoms with van der Waals surface area (Å²) in [5.74, 6) is 0.303. The van der Waals surface area contributed by atoms with Crippen molar-refractivity contribution in [1.29, 1.82) is 0 Å². The molecule has 0 bridgehead atoms. The van der Waals surface area contributed by atoms with E-state index in [-0.39, 0.29) is 18.7 Å². The lowest BCUT2D eigenvalue weighted by Crippen LogP contribution is -2.29. The number of aromatic nitrogens is 5. The van der Waals surface area contributed by atoms with Crippen molar-refractivity contribution in [2.45, 2.75) is 13.0 Å². The summed E-state index contributed by atoms with van der Waals surface area (Å²) < 4.78 is 2.77. The molecule has 2 heterocycles. The Morgan fingerprint density at radius 3 is 2.86 bits per heavy atom. The largest absolute Gasteiger partial charge is 0.395 e. The molecule has 0 spiro atoms. The van der Waals surface area contributed by atoms with Gasteiger partial charge in [0.25, 0.3) is 11.3 Å². The van der Waals surface area contributed by atoms with Crippen molar-refractivity contribution in [3.8, 4) is 0 Å². The molecule has 0 amide bonds. The van der Waals surface area contributed by atoms with Crippen LogP contribution < -0.4 is 5.56 Å². The van der Waals surface area contributed by atoms with Gasteiger partial charge in [-0.3, -0.25) is 9.36 Å². The molecule has 1 N–H and O–H groups in total. The second-order valence-corrected chi connectivity index (χ2v) is 4.88. The highest BCUT2D eigenvalue weighted by Crippen LogP contribution is 2.16. The van der Waals surface area contributed by atoms with Gasteiger partial charge in [-0.1, -0.05) is 29.8 Å². The van der Waals surface area contributed by atoms with E-state index in [2.05, 4.69) is 15.3 Å². The summed E-state index contributed by atoms with van der Waals surface area (Å²) in [6.45, 7) is -0.0307. The number of nitrogens with zero attached hydrogens (tertiary/aromatic N) is 5. The summed E-state index contributed by atoms with van der Waals surface area (Å²) in [6.07, 6.45) is 1.72. The van der Waals surface area contributed by atoms with E-state index in [0.717, 1.165) is 5.56 Å². The van der Waals surface area contributed by atoms with Gasteiger partial charge >= 0.3 is 0 Å². The zero-order chi connectivity index (χ0) is 14.8. The maximum absolute atomic E-state index is 12.5. The first-order valence-electron chi connectivity index (χ1n) is 6.34. The van der Waals surface area contributed by atoms with Crippen molar-refractivity contribution in [1.82, 2.24) is 24.4 Å². The summed E-state index contributed by atoms with van der Waals surface area (Å²) in [5, 5.41) is 21.5. The molecule has 0 aliphatic heterocycles. The molecule has 8 heteroatoms. The highest BCUT2D eigenvalue weighted by Gasteiger charge is 2.14. The molecule has 0 saturated heterocycles. The minimum absolute atomic E-state index is 0.138. The fraction of sp³-hybridized carbons (Fsp3) is 0.231. The Morgan fingerprint density at radius 2 is 2.10 bits per heavy atom. The Hall–Kier alpha value is -2.25. The van der Waals surface area contributed by atoms with Gasteiger partial charge in [0.1, 0.15) is 12.0 Å². The van der Waals surface area contributed by atoms with Gasteiger partial charge in [0.15, 0.2) is 0 Å². The molecule has 0 atom stereocenters. The van der Waals surface area contributed by atoms with Crippen LogP contribution in [0.4, 0.5) is 0 Å². The molecular formula is C13H12ClN5O2. The molecule has 3 aromatic rings. The van der Waals surface area contributed by atoms with Crippen LogP contribution in [0.25, 0.3) is 5.78 Å². The van der Waals surface area contributed by atoms with Crippen molar-refractivity contribution >= 4 is 17.4 Å². The molecule has 0 aliphatic carbocycles. The van der Waals surface area contributed by atoms with Crippen molar-refractivity contribution < 1.29 is 5.11 Å². The first-order chi connectivity index (χ1) is 10.2. The number of hydrogen-bond acceptors (Lipinski definition) is 5. The number of fused-ring (bicyclic) bond motifs is 1. The summed E-state index contributed by atoms with van der Waals surface area (Å²) in [7, 11) is 0. The van der Waals surface area contributed by atoms with Crippen molar-refractivity contribution in [3.63, 3.8) is 0 Å². The van der Waals surface area contributed by atoms with E-state index in [1.807, 2.05) is 18.2 Å². The van der Waals surface area contributed by atoms with Crippen LogP contribution in [0.2, 0.25) is 5.02 Å². The lowest BCUT2D eigenvalue weighted by Gasteiger charge is -2.08. The van der Waals surface area contributed by atoms with Crippen molar-refractivity contribution in [3.05, 3.63) is 57.2 Å². The molecule has 7 nitrogen and oxygen atoms in total.